The second-order valence-electron chi connectivity index (χ2n) is 2.54. The molecule has 0 saturated heterocycles. The minimum Gasteiger partial charge on any atom is -0.304 e. The highest BCUT2D eigenvalue weighted by Gasteiger charge is 1.87. The van der Waals surface area contributed by atoms with Crippen LogP contribution < -0.4 is 10.6 Å². The predicted molar refractivity (Wildman–Crippen MR) is 41.4 cm³/mol. The number of rotatable bonds is 5. The number of nitrogens with one attached hydrogen (secondary N) is 2. The summed E-state index contributed by atoms with van der Waals surface area (Å²) in [6.45, 7) is 8.51. The van der Waals surface area contributed by atoms with Crippen LogP contribution in [-0.2, 0) is 0 Å². The molecule has 9 heavy (non-hydrogen) atoms. The van der Waals surface area contributed by atoms with Gasteiger partial charge in [-0.15, -0.1) is 0 Å². The van der Waals surface area contributed by atoms with Gasteiger partial charge in [0.05, 0.1) is 0 Å². The molecule has 0 amide bonds. The van der Waals surface area contributed by atoms with Crippen LogP contribution in [-0.4, -0.2) is 19.3 Å². The average Bonchev–Trinajstić information content (AvgIpc) is 1.80. The van der Waals surface area contributed by atoms with E-state index in [-0.39, 0.29) is 0 Å². The molecule has 2 N–H and O–H groups in total. The van der Waals surface area contributed by atoms with Gasteiger partial charge in [0, 0.05) is 12.7 Å². The first-order valence-corrected chi connectivity index (χ1v) is 3.71. The molecule has 0 heterocycles. The van der Waals surface area contributed by atoms with Crippen LogP contribution in [0.2, 0.25) is 0 Å². The van der Waals surface area contributed by atoms with E-state index in [1.54, 1.807) is 0 Å². The standard InChI is InChI=1S/C7H18N2/c1-4-5-8-6-9-7(2)3/h7-9H,4-6H2,1-3H3. The van der Waals surface area contributed by atoms with Crippen LogP contribution in [0.25, 0.3) is 0 Å². The Hall–Kier alpha value is -0.0800. The molecular formula is C7H18N2. The summed E-state index contributed by atoms with van der Waals surface area (Å²) in [5.74, 6) is 0. The van der Waals surface area contributed by atoms with E-state index in [0.717, 1.165) is 13.2 Å². The van der Waals surface area contributed by atoms with Gasteiger partial charge in [-0.05, 0) is 26.8 Å². The van der Waals surface area contributed by atoms with E-state index in [0.29, 0.717) is 6.04 Å². The first-order chi connectivity index (χ1) is 4.27. The minimum absolute atomic E-state index is 0.592. The Kier molecular flexibility index (Phi) is 5.99. The van der Waals surface area contributed by atoms with Gasteiger partial charge in [0.1, 0.15) is 0 Å². The third-order valence-electron chi connectivity index (χ3n) is 1.06. The topological polar surface area (TPSA) is 24.1 Å². The highest BCUT2D eigenvalue weighted by molar-refractivity contribution is 4.50. The normalized spacial score (nSPS) is 10.7. The van der Waals surface area contributed by atoms with E-state index in [4.69, 9.17) is 0 Å². The van der Waals surface area contributed by atoms with Crippen molar-refractivity contribution in [3.05, 3.63) is 0 Å². The van der Waals surface area contributed by atoms with Gasteiger partial charge in [-0.1, -0.05) is 6.92 Å². The molecule has 0 aromatic heterocycles. The lowest BCUT2D eigenvalue weighted by molar-refractivity contribution is 0.526. The molecule has 2 heteroatoms. The fourth-order valence-corrected chi connectivity index (χ4v) is 0.541. The molecule has 0 saturated carbocycles. The van der Waals surface area contributed by atoms with Crippen LogP contribution in [0, 0.1) is 0 Å². The second kappa shape index (κ2) is 6.05. The molecular weight excluding hydrogens is 112 g/mol. The maximum Gasteiger partial charge on any atom is 0.0456 e. The second-order valence-corrected chi connectivity index (χ2v) is 2.54. The van der Waals surface area contributed by atoms with Crippen LogP contribution in [0.15, 0.2) is 0 Å². The average molecular weight is 130 g/mol. The SMILES string of the molecule is CCCNCNC(C)C. The molecule has 0 aromatic carbocycles. The van der Waals surface area contributed by atoms with Crippen molar-refractivity contribution in [2.24, 2.45) is 0 Å². The summed E-state index contributed by atoms with van der Waals surface area (Å²) >= 11 is 0. The quantitative estimate of drug-likeness (QED) is 0.427. The van der Waals surface area contributed by atoms with Gasteiger partial charge < -0.3 is 10.6 Å². The molecule has 0 atom stereocenters. The predicted octanol–water partition coefficient (Wildman–Crippen LogP) is 0.941. The van der Waals surface area contributed by atoms with Gasteiger partial charge >= 0.3 is 0 Å². The van der Waals surface area contributed by atoms with E-state index < -0.39 is 0 Å². The molecule has 0 spiro atoms. The van der Waals surface area contributed by atoms with E-state index in [9.17, 15) is 0 Å². The number of hydrogen-bond donors (Lipinski definition) is 2. The van der Waals surface area contributed by atoms with Crippen molar-refractivity contribution in [1.82, 2.24) is 10.6 Å². The van der Waals surface area contributed by atoms with Gasteiger partial charge in [-0.2, -0.15) is 0 Å². The maximum absolute atomic E-state index is 3.27. The molecule has 0 aliphatic heterocycles. The summed E-state index contributed by atoms with van der Waals surface area (Å²) < 4.78 is 0. The highest BCUT2D eigenvalue weighted by atomic mass is 15.1. The van der Waals surface area contributed by atoms with Crippen LogP contribution in [0.5, 0.6) is 0 Å². The lowest BCUT2D eigenvalue weighted by atomic mass is 10.4. The van der Waals surface area contributed by atoms with Crippen molar-refractivity contribution < 1.29 is 0 Å². The summed E-state index contributed by atoms with van der Waals surface area (Å²) in [6, 6.07) is 0.592. The van der Waals surface area contributed by atoms with E-state index in [1.165, 1.54) is 6.42 Å². The Morgan fingerprint density at radius 1 is 1.33 bits per heavy atom. The van der Waals surface area contributed by atoms with Crippen LogP contribution in [0.3, 0.4) is 0 Å². The van der Waals surface area contributed by atoms with Crippen molar-refractivity contribution in [2.45, 2.75) is 33.2 Å². The zero-order valence-electron chi connectivity index (χ0n) is 6.70. The summed E-state index contributed by atoms with van der Waals surface area (Å²) in [5, 5.41) is 6.52. The molecule has 0 bridgehead atoms. The molecule has 0 aromatic rings. The number of hydrogen-bond acceptors (Lipinski definition) is 2. The van der Waals surface area contributed by atoms with Crippen LogP contribution in [0.4, 0.5) is 0 Å². The highest BCUT2D eigenvalue weighted by Crippen LogP contribution is 1.72. The fraction of sp³-hybridized carbons (Fsp3) is 1.00. The molecule has 2 nitrogen and oxygen atoms in total. The van der Waals surface area contributed by atoms with Crippen LogP contribution >= 0.6 is 0 Å². The van der Waals surface area contributed by atoms with Gasteiger partial charge in [-0.3, -0.25) is 0 Å². The first kappa shape index (κ1) is 8.92. The molecule has 0 radical (unpaired) electrons. The molecule has 56 valence electrons. The van der Waals surface area contributed by atoms with Crippen molar-refractivity contribution in [3.63, 3.8) is 0 Å². The zero-order valence-corrected chi connectivity index (χ0v) is 6.70. The van der Waals surface area contributed by atoms with Crippen molar-refractivity contribution in [1.29, 1.82) is 0 Å². The molecule has 0 aliphatic rings. The molecule has 0 rings (SSSR count). The van der Waals surface area contributed by atoms with Gasteiger partial charge in [0.2, 0.25) is 0 Å². The molecule has 0 unspecified atom stereocenters. The lowest BCUT2D eigenvalue weighted by Gasteiger charge is -2.07. The Bertz CT molecular complexity index is 52.9. The smallest absolute Gasteiger partial charge is 0.0456 e. The fourth-order valence-electron chi connectivity index (χ4n) is 0.541. The van der Waals surface area contributed by atoms with E-state index in [2.05, 4.69) is 31.4 Å². The monoisotopic (exact) mass is 130 g/mol. The van der Waals surface area contributed by atoms with Crippen molar-refractivity contribution >= 4 is 0 Å². The third kappa shape index (κ3) is 7.92. The maximum atomic E-state index is 3.27. The Morgan fingerprint density at radius 3 is 2.44 bits per heavy atom. The molecule has 0 fully saturated rings. The summed E-state index contributed by atoms with van der Waals surface area (Å²) in [4.78, 5) is 0. The summed E-state index contributed by atoms with van der Waals surface area (Å²) in [5.41, 5.74) is 0. The van der Waals surface area contributed by atoms with Crippen molar-refractivity contribution in [3.8, 4) is 0 Å². The largest absolute Gasteiger partial charge is 0.304 e. The lowest BCUT2D eigenvalue weighted by Crippen LogP contribution is -2.33. The van der Waals surface area contributed by atoms with E-state index >= 15 is 0 Å². The Labute approximate surface area is 58.0 Å². The van der Waals surface area contributed by atoms with Gasteiger partial charge in [-0.25, -0.2) is 0 Å². The third-order valence-corrected chi connectivity index (χ3v) is 1.06. The minimum atomic E-state index is 0.592. The summed E-state index contributed by atoms with van der Waals surface area (Å²) in [6.07, 6.45) is 1.21. The summed E-state index contributed by atoms with van der Waals surface area (Å²) in [7, 11) is 0. The van der Waals surface area contributed by atoms with Gasteiger partial charge in [0.15, 0.2) is 0 Å². The van der Waals surface area contributed by atoms with E-state index in [1.807, 2.05) is 0 Å². The van der Waals surface area contributed by atoms with Crippen molar-refractivity contribution in [2.75, 3.05) is 13.2 Å². The zero-order chi connectivity index (χ0) is 7.11. The first-order valence-electron chi connectivity index (χ1n) is 3.71. The molecule has 0 aliphatic carbocycles. The van der Waals surface area contributed by atoms with Crippen LogP contribution in [0.1, 0.15) is 27.2 Å². The van der Waals surface area contributed by atoms with Gasteiger partial charge in [0.25, 0.3) is 0 Å². The Balaban J connectivity index is 2.75. The Morgan fingerprint density at radius 2 is 2.00 bits per heavy atom.